The van der Waals surface area contributed by atoms with Gasteiger partial charge >= 0.3 is 0 Å². The van der Waals surface area contributed by atoms with Gasteiger partial charge in [-0.15, -0.1) is 12.8 Å². The van der Waals surface area contributed by atoms with Gasteiger partial charge in [-0.25, -0.2) is 5.53 Å². The van der Waals surface area contributed by atoms with E-state index in [9.17, 15) is 5.11 Å². The summed E-state index contributed by atoms with van der Waals surface area (Å²) in [5.41, 5.74) is 7.60. The van der Waals surface area contributed by atoms with Gasteiger partial charge in [-0.2, -0.15) is 5.11 Å². The Balaban J connectivity index is 2.54. The van der Waals surface area contributed by atoms with Gasteiger partial charge in [0.2, 0.25) is 0 Å². The third kappa shape index (κ3) is 5.54. The number of hydrogen-bond acceptors (Lipinski definition) is 7. The minimum absolute atomic E-state index is 0.239. The molecule has 1 fully saturated rings. The van der Waals surface area contributed by atoms with Gasteiger partial charge in [-0.1, -0.05) is 11.8 Å². The molecule has 1 heterocycles. The first-order chi connectivity index (χ1) is 10.1. The van der Waals surface area contributed by atoms with Crippen LogP contribution >= 0.6 is 0 Å². The van der Waals surface area contributed by atoms with Gasteiger partial charge in [0.25, 0.3) is 0 Å². The molecule has 0 spiro atoms. The summed E-state index contributed by atoms with van der Waals surface area (Å²) < 4.78 is 5.38. The molecule has 0 bridgehead atoms. The Bertz CT molecular complexity index is 436. The Hall–Kier alpha value is -1.90. The Morgan fingerprint density at radius 2 is 2.14 bits per heavy atom. The predicted octanol–water partition coefficient (Wildman–Crippen LogP) is -0.515. The predicted molar refractivity (Wildman–Crippen MR) is 76.8 cm³/mol. The van der Waals surface area contributed by atoms with Crippen LogP contribution in [0, 0.1) is 30.2 Å². The smallest absolute Gasteiger partial charge is 0.130 e. The molecule has 1 rings (SSSR count). The van der Waals surface area contributed by atoms with Crippen LogP contribution in [0.5, 0.6) is 0 Å². The fourth-order valence-corrected chi connectivity index (χ4v) is 1.96. The van der Waals surface area contributed by atoms with Crippen LogP contribution in [0.3, 0.4) is 0 Å². The molecule has 21 heavy (non-hydrogen) atoms. The van der Waals surface area contributed by atoms with Crippen LogP contribution in [0.15, 0.2) is 17.0 Å². The molecule has 0 amide bonds. The molecule has 7 heteroatoms. The van der Waals surface area contributed by atoms with Gasteiger partial charge in [0.15, 0.2) is 0 Å². The van der Waals surface area contributed by atoms with Crippen LogP contribution in [-0.4, -0.2) is 59.8 Å². The lowest BCUT2D eigenvalue weighted by atomic mass is 10.2. The standard InChI is InChI=1S/C14H20N4O3/c1-3-5-18(6-4-2)9-11(17-15)8-16-14-7-12(20)13(10-19)21-14/h1-2,8,12-16,19-20H,5-7,9-10H2/b11-8-,17-15?/t12?,13-,14-/m1/s1. The molecule has 4 N–H and O–H groups in total. The largest absolute Gasteiger partial charge is 0.394 e. The Morgan fingerprint density at radius 3 is 2.62 bits per heavy atom. The first-order valence-electron chi connectivity index (χ1n) is 6.50. The summed E-state index contributed by atoms with van der Waals surface area (Å²) in [5.74, 6) is 4.99. The van der Waals surface area contributed by atoms with E-state index in [4.69, 9.17) is 28.2 Å². The lowest BCUT2D eigenvalue weighted by molar-refractivity contribution is -0.0271. The highest BCUT2D eigenvalue weighted by Gasteiger charge is 2.32. The maximum atomic E-state index is 9.61. The van der Waals surface area contributed by atoms with Crippen molar-refractivity contribution in [2.24, 2.45) is 5.11 Å². The van der Waals surface area contributed by atoms with Crippen molar-refractivity contribution in [3.05, 3.63) is 11.9 Å². The third-order valence-electron chi connectivity index (χ3n) is 3.00. The molecule has 1 aliphatic rings. The van der Waals surface area contributed by atoms with Crippen molar-refractivity contribution in [3.8, 4) is 24.7 Å². The highest BCUT2D eigenvalue weighted by atomic mass is 16.5. The van der Waals surface area contributed by atoms with Gasteiger partial charge in [0.05, 0.1) is 31.5 Å². The summed E-state index contributed by atoms with van der Waals surface area (Å²) >= 11 is 0. The molecule has 0 aromatic rings. The summed E-state index contributed by atoms with van der Waals surface area (Å²) in [7, 11) is 0. The topological polar surface area (TPSA) is 101 Å². The van der Waals surface area contributed by atoms with E-state index in [2.05, 4.69) is 22.3 Å². The highest BCUT2D eigenvalue weighted by molar-refractivity contribution is 5.05. The summed E-state index contributed by atoms with van der Waals surface area (Å²) in [4.78, 5) is 1.78. The number of hydrogen-bond donors (Lipinski definition) is 4. The van der Waals surface area contributed by atoms with Crippen LogP contribution in [0.4, 0.5) is 0 Å². The van der Waals surface area contributed by atoms with Crippen molar-refractivity contribution >= 4 is 0 Å². The number of terminal acetylenes is 2. The second-order valence-corrected chi connectivity index (χ2v) is 4.62. The van der Waals surface area contributed by atoms with Crippen LogP contribution in [0.1, 0.15) is 6.42 Å². The Morgan fingerprint density at radius 1 is 1.48 bits per heavy atom. The van der Waals surface area contributed by atoms with Crippen LogP contribution in [0.2, 0.25) is 0 Å². The molecular formula is C14H20N4O3. The van der Waals surface area contributed by atoms with E-state index < -0.39 is 18.4 Å². The van der Waals surface area contributed by atoms with Gasteiger partial charge in [0, 0.05) is 19.2 Å². The quantitative estimate of drug-likeness (QED) is 0.356. The van der Waals surface area contributed by atoms with Crippen molar-refractivity contribution in [2.45, 2.75) is 24.9 Å². The molecule has 0 aromatic heterocycles. The summed E-state index contributed by atoms with van der Waals surface area (Å²) in [6.07, 6.45) is 10.7. The molecule has 114 valence electrons. The minimum Gasteiger partial charge on any atom is -0.394 e. The first kappa shape index (κ1) is 17.2. The highest BCUT2D eigenvalue weighted by Crippen LogP contribution is 2.18. The molecule has 0 radical (unpaired) electrons. The van der Waals surface area contributed by atoms with Gasteiger partial charge in [0.1, 0.15) is 12.3 Å². The van der Waals surface area contributed by atoms with Crippen LogP contribution in [-0.2, 0) is 4.74 Å². The third-order valence-corrected chi connectivity index (χ3v) is 3.00. The zero-order valence-electron chi connectivity index (χ0n) is 11.7. The maximum Gasteiger partial charge on any atom is 0.130 e. The molecule has 3 atom stereocenters. The van der Waals surface area contributed by atoms with E-state index in [0.717, 1.165) is 0 Å². The number of nitrogens with zero attached hydrogens (tertiary/aromatic N) is 2. The molecule has 0 aromatic carbocycles. The van der Waals surface area contributed by atoms with Crippen molar-refractivity contribution in [1.82, 2.24) is 10.2 Å². The summed E-state index contributed by atoms with van der Waals surface area (Å²) in [6, 6.07) is 0. The fraction of sp³-hybridized carbons (Fsp3) is 0.571. The average molecular weight is 292 g/mol. The fourth-order valence-electron chi connectivity index (χ4n) is 1.96. The molecule has 0 saturated carbocycles. The number of ether oxygens (including phenoxy) is 1. The number of aliphatic hydroxyl groups is 2. The van der Waals surface area contributed by atoms with Crippen molar-refractivity contribution in [1.29, 1.82) is 5.53 Å². The zero-order chi connectivity index (χ0) is 15.7. The Kier molecular flexibility index (Phi) is 7.44. The first-order valence-corrected chi connectivity index (χ1v) is 6.50. The lowest BCUT2D eigenvalue weighted by Crippen LogP contribution is -2.29. The van der Waals surface area contributed by atoms with E-state index in [1.807, 2.05) is 0 Å². The lowest BCUT2D eigenvalue weighted by Gasteiger charge is -2.17. The van der Waals surface area contributed by atoms with Gasteiger partial charge in [-0.05, 0) is 0 Å². The molecular weight excluding hydrogens is 272 g/mol. The SMILES string of the molecule is C#CCN(CC#C)C/C(=C/N[C@H]1CC(O)[C@@H](CO)O1)N=N. The number of rotatable bonds is 8. The van der Waals surface area contributed by atoms with E-state index in [0.29, 0.717) is 31.8 Å². The molecule has 0 aliphatic carbocycles. The van der Waals surface area contributed by atoms with E-state index in [1.165, 1.54) is 6.20 Å². The van der Waals surface area contributed by atoms with E-state index >= 15 is 0 Å². The average Bonchev–Trinajstić information content (AvgIpc) is 2.84. The molecule has 1 aliphatic heterocycles. The maximum absolute atomic E-state index is 9.61. The van der Waals surface area contributed by atoms with E-state index in [1.54, 1.807) is 4.90 Å². The number of aliphatic hydroxyl groups excluding tert-OH is 2. The van der Waals surface area contributed by atoms with Gasteiger partial charge in [-0.3, -0.25) is 4.90 Å². The number of nitrogens with one attached hydrogen (secondary N) is 2. The zero-order valence-corrected chi connectivity index (χ0v) is 11.7. The van der Waals surface area contributed by atoms with Crippen LogP contribution < -0.4 is 5.32 Å². The minimum atomic E-state index is -0.711. The van der Waals surface area contributed by atoms with Gasteiger partial charge < -0.3 is 20.3 Å². The Labute approximate surface area is 124 Å². The summed E-state index contributed by atoms with van der Waals surface area (Å²) in [6.45, 7) is 0.824. The monoisotopic (exact) mass is 292 g/mol. The van der Waals surface area contributed by atoms with E-state index in [-0.39, 0.29) is 6.61 Å². The van der Waals surface area contributed by atoms with Crippen LogP contribution in [0.25, 0.3) is 0 Å². The normalized spacial score (nSPS) is 25.4. The molecule has 1 saturated heterocycles. The molecule has 7 nitrogen and oxygen atoms in total. The van der Waals surface area contributed by atoms with Crippen molar-refractivity contribution in [2.75, 3.05) is 26.2 Å². The summed E-state index contributed by atoms with van der Waals surface area (Å²) in [5, 5.41) is 24.9. The molecule has 1 unspecified atom stereocenters. The second kappa shape index (κ2) is 9.11. The van der Waals surface area contributed by atoms with Crippen molar-refractivity contribution < 1.29 is 14.9 Å². The van der Waals surface area contributed by atoms with Crippen molar-refractivity contribution in [3.63, 3.8) is 0 Å². The second-order valence-electron chi connectivity index (χ2n) is 4.62.